The smallest absolute Gasteiger partial charge is 0.0595 e. The van der Waals surface area contributed by atoms with Crippen molar-refractivity contribution in [1.82, 2.24) is 0 Å². The summed E-state index contributed by atoms with van der Waals surface area (Å²) in [6, 6.07) is 20.5. The Balaban J connectivity index is 2.08. The topological polar surface area (TPSA) is 0 Å². The maximum absolute atomic E-state index is 6.13. The van der Waals surface area contributed by atoms with Crippen LogP contribution in [-0.4, -0.2) is 0 Å². The Morgan fingerprint density at radius 2 is 1.43 bits per heavy atom. The van der Waals surface area contributed by atoms with Crippen molar-refractivity contribution in [2.45, 2.75) is 5.92 Å². The van der Waals surface area contributed by atoms with Gasteiger partial charge in [-0.15, -0.1) is 6.58 Å². The van der Waals surface area contributed by atoms with Crippen molar-refractivity contribution in [1.29, 1.82) is 0 Å². The molecule has 0 saturated heterocycles. The normalized spacial score (nSPS) is 12.3. The van der Waals surface area contributed by atoms with E-state index in [1.165, 1.54) is 16.3 Å². The summed E-state index contributed by atoms with van der Waals surface area (Å²) in [5.41, 5.74) is 2.29. The van der Waals surface area contributed by atoms with Gasteiger partial charge in [0, 0.05) is 5.92 Å². The van der Waals surface area contributed by atoms with Crippen molar-refractivity contribution in [3.63, 3.8) is 0 Å². The first-order valence-corrected chi connectivity index (χ1v) is 7.51. The van der Waals surface area contributed by atoms with Crippen LogP contribution < -0.4 is 0 Å². The van der Waals surface area contributed by atoms with Crippen LogP contribution in [0.1, 0.15) is 17.0 Å². The van der Waals surface area contributed by atoms with E-state index < -0.39 is 0 Å². The van der Waals surface area contributed by atoms with Crippen LogP contribution in [0.2, 0.25) is 10.0 Å². The molecule has 0 spiro atoms. The van der Waals surface area contributed by atoms with Gasteiger partial charge in [-0.05, 0) is 34.0 Å². The number of hydrogen-bond donors (Lipinski definition) is 0. The summed E-state index contributed by atoms with van der Waals surface area (Å²) in [5, 5.41) is 3.60. The van der Waals surface area contributed by atoms with E-state index in [0.717, 1.165) is 5.56 Å². The van der Waals surface area contributed by atoms with Crippen molar-refractivity contribution in [2.24, 2.45) is 0 Å². The van der Waals surface area contributed by atoms with E-state index in [4.69, 9.17) is 23.2 Å². The lowest BCUT2D eigenvalue weighted by Gasteiger charge is -2.15. The molecule has 21 heavy (non-hydrogen) atoms. The number of rotatable bonds is 3. The first kappa shape index (κ1) is 14.2. The average Bonchev–Trinajstić information content (AvgIpc) is 2.51. The Morgan fingerprint density at radius 3 is 2.14 bits per heavy atom. The molecule has 2 heteroatoms. The molecule has 0 unspecified atom stereocenters. The van der Waals surface area contributed by atoms with Crippen molar-refractivity contribution in [3.05, 3.63) is 94.5 Å². The van der Waals surface area contributed by atoms with E-state index in [9.17, 15) is 0 Å². The molecule has 0 nitrogen and oxygen atoms in total. The summed E-state index contributed by atoms with van der Waals surface area (Å²) in [4.78, 5) is 0. The highest BCUT2D eigenvalue weighted by atomic mass is 35.5. The minimum atomic E-state index is 0.101. The Labute approximate surface area is 134 Å². The van der Waals surface area contributed by atoms with Gasteiger partial charge in [-0.1, -0.05) is 77.8 Å². The largest absolute Gasteiger partial charge is 0.102 e. The van der Waals surface area contributed by atoms with E-state index >= 15 is 0 Å². The fourth-order valence-electron chi connectivity index (χ4n) is 2.57. The molecule has 0 aliphatic heterocycles. The molecule has 3 aromatic rings. The summed E-state index contributed by atoms with van der Waals surface area (Å²) < 4.78 is 0. The van der Waals surface area contributed by atoms with Gasteiger partial charge < -0.3 is 0 Å². The second-order valence-electron chi connectivity index (χ2n) is 4.99. The number of halogens is 2. The molecular weight excluding hydrogens is 299 g/mol. The van der Waals surface area contributed by atoms with E-state index in [-0.39, 0.29) is 5.92 Å². The zero-order chi connectivity index (χ0) is 14.8. The third-order valence-electron chi connectivity index (χ3n) is 3.67. The molecule has 3 aromatic carbocycles. The molecule has 0 fully saturated rings. The molecule has 0 heterocycles. The van der Waals surface area contributed by atoms with Gasteiger partial charge in [-0.25, -0.2) is 0 Å². The van der Waals surface area contributed by atoms with Crippen LogP contribution in [0.15, 0.2) is 73.3 Å². The van der Waals surface area contributed by atoms with Gasteiger partial charge in [0.05, 0.1) is 10.0 Å². The first-order chi connectivity index (χ1) is 10.2. The number of allylic oxidation sites excluding steroid dienone is 1. The Bertz CT molecular complexity index is 806. The monoisotopic (exact) mass is 312 g/mol. The van der Waals surface area contributed by atoms with Crippen molar-refractivity contribution >= 4 is 34.0 Å². The van der Waals surface area contributed by atoms with Crippen LogP contribution in [-0.2, 0) is 0 Å². The maximum Gasteiger partial charge on any atom is 0.0595 e. The van der Waals surface area contributed by atoms with Gasteiger partial charge >= 0.3 is 0 Å². The van der Waals surface area contributed by atoms with E-state index in [1.54, 1.807) is 0 Å². The molecule has 1 atom stereocenters. The minimum absolute atomic E-state index is 0.101. The summed E-state index contributed by atoms with van der Waals surface area (Å²) in [5.74, 6) is 0.101. The van der Waals surface area contributed by atoms with Gasteiger partial charge in [-0.3, -0.25) is 0 Å². The maximum atomic E-state index is 6.13. The van der Waals surface area contributed by atoms with Crippen LogP contribution in [0, 0.1) is 0 Å². The second-order valence-corrected chi connectivity index (χ2v) is 5.81. The van der Waals surface area contributed by atoms with E-state index in [2.05, 4.69) is 36.9 Å². The minimum Gasteiger partial charge on any atom is -0.102 e. The second kappa shape index (κ2) is 5.93. The summed E-state index contributed by atoms with van der Waals surface area (Å²) in [7, 11) is 0. The van der Waals surface area contributed by atoms with Gasteiger partial charge in [0.1, 0.15) is 0 Å². The highest BCUT2D eigenvalue weighted by Crippen LogP contribution is 2.32. The van der Waals surface area contributed by atoms with E-state index in [0.29, 0.717) is 10.0 Å². The Hall–Kier alpha value is -1.76. The summed E-state index contributed by atoms with van der Waals surface area (Å²) >= 11 is 12.1. The third kappa shape index (κ3) is 2.83. The van der Waals surface area contributed by atoms with Crippen molar-refractivity contribution in [3.8, 4) is 0 Å². The molecule has 0 bridgehead atoms. The highest BCUT2D eigenvalue weighted by Gasteiger charge is 2.12. The fraction of sp³-hybridized carbons (Fsp3) is 0.0526. The number of benzene rings is 3. The van der Waals surface area contributed by atoms with Crippen LogP contribution in [0.25, 0.3) is 10.8 Å². The zero-order valence-electron chi connectivity index (χ0n) is 11.4. The number of hydrogen-bond acceptors (Lipinski definition) is 0. The van der Waals surface area contributed by atoms with Crippen molar-refractivity contribution < 1.29 is 0 Å². The molecule has 0 aromatic heterocycles. The summed E-state index contributed by atoms with van der Waals surface area (Å²) in [6.07, 6.45) is 1.93. The van der Waals surface area contributed by atoms with Crippen LogP contribution in [0.4, 0.5) is 0 Å². The lowest BCUT2D eigenvalue weighted by Crippen LogP contribution is -1.97. The molecule has 0 radical (unpaired) electrons. The molecule has 0 aliphatic carbocycles. The molecular formula is C19H14Cl2. The van der Waals surface area contributed by atoms with Gasteiger partial charge in [0.15, 0.2) is 0 Å². The van der Waals surface area contributed by atoms with Gasteiger partial charge in [0.25, 0.3) is 0 Å². The molecule has 0 amide bonds. The predicted molar refractivity (Wildman–Crippen MR) is 92.5 cm³/mol. The molecule has 104 valence electrons. The third-order valence-corrected chi connectivity index (χ3v) is 4.41. The van der Waals surface area contributed by atoms with Crippen molar-refractivity contribution in [2.75, 3.05) is 0 Å². The predicted octanol–water partition coefficient (Wildman–Crippen LogP) is 6.46. The molecule has 3 rings (SSSR count). The fourth-order valence-corrected chi connectivity index (χ4v) is 2.88. The summed E-state index contributed by atoms with van der Waals surface area (Å²) in [6.45, 7) is 3.97. The molecule has 0 N–H and O–H groups in total. The lowest BCUT2D eigenvalue weighted by molar-refractivity contribution is 1.03. The highest BCUT2D eigenvalue weighted by molar-refractivity contribution is 6.42. The standard InChI is InChI=1S/C19H14Cl2/c1-2-17(16-9-10-18(20)19(21)12-16)15-8-7-13-5-3-4-6-14(13)11-15/h2-12,17H,1H2/t17-/m0/s1. The van der Waals surface area contributed by atoms with E-state index in [1.807, 2.05) is 36.4 Å². The Kier molecular flexibility index (Phi) is 4.01. The van der Waals surface area contributed by atoms with Crippen LogP contribution in [0.5, 0.6) is 0 Å². The lowest BCUT2D eigenvalue weighted by atomic mass is 9.90. The van der Waals surface area contributed by atoms with Gasteiger partial charge in [-0.2, -0.15) is 0 Å². The molecule has 0 aliphatic rings. The van der Waals surface area contributed by atoms with Crippen LogP contribution >= 0.6 is 23.2 Å². The quantitative estimate of drug-likeness (QED) is 0.486. The zero-order valence-corrected chi connectivity index (χ0v) is 12.9. The average molecular weight is 313 g/mol. The Morgan fingerprint density at radius 1 is 0.762 bits per heavy atom. The number of fused-ring (bicyclic) bond motifs is 1. The molecule has 0 saturated carbocycles. The van der Waals surface area contributed by atoms with Crippen LogP contribution in [0.3, 0.4) is 0 Å². The first-order valence-electron chi connectivity index (χ1n) is 6.75. The van der Waals surface area contributed by atoms with Gasteiger partial charge in [0.2, 0.25) is 0 Å². The SMILES string of the molecule is C=C[C@H](c1ccc(Cl)c(Cl)c1)c1ccc2ccccc2c1.